The van der Waals surface area contributed by atoms with Gasteiger partial charge in [0.15, 0.2) is 0 Å². The van der Waals surface area contributed by atoms with E-state index in [2.05, 4.69) is 37.8 Å². The van der Waals surface area contributed by atoms with E-state index >= 15 is 0 Å². The van der Waals surface area contributed by atoms with Crippen LogP contribution in [-0.4, -0.2) is 13.1 Å². The Kier molecular flexibility index (Phi) is 5.56. The molecule has 0 aromatic heterocycles. The smallest absolute Gasteiger partial charge is 0.0992 e. The van der Waals surface area contributed by atoms with Gasteiger partial charge in [-0.05, 0) is 31.0 Å². The number of hydrogen-bond donors (Lipinski definition) is 0. The minimum atomic E-state index is 0.737. The van der Waals surface area contributed by atoms with Crippen LogP contribution in [0.3, 0.4) is 0 Å². The molecule has 0 aliphatic rings. The van der Waals surface area contributed by atoms with Crippen LogP contribution in [0.4, 0.5) is 5.69 Å². The van der Waals surface area contributed by atoms with Crippen LogP contribution in [0.2, 0.25) is 0 Å². The van der Waals surface area contributed by atoms with Crippen molar-refractivity contribution in [3.8, 4) is 6.07 Å². The molecule has 0 heterocycles. The van der Waals surface area contributed by atoms with Gasteiger partial charge in [0.05, 0.1) is 11.6 Å². The Labute approximate surface area is 105 Å². The molecular formula is C15H22N2. The van der Waals surface area contributed by atoms with Crippen molar-refractivity contribution in [2.75, 3.05) is 18.0 Å². The van der Waals surface area contributed by atoms with E-state index in [1.807, 2.05) is 18.2 Å². The van der Waals surface area contributed by atoms with Crippen LogP contribution in [0.25, 0.3) is 0 Å². The highest BCUT2D eigenvalue weighted by atomic mass is 15.1. The second-order valence-electron chi connectivity index (χ2n) is 4.38. The molecule has 0 amide bonds. The number of nitriles is 1. The van der Waals surface area contributed by atoms with Crippen molar-refractivity contribution in [1.82, 2.24) is 0 Å². The largest absolute Gasteiger partial charge is 0.372 e. The number of nitrogens with zero attached hydrogens (tertiary/aromatic N) is 2. The summed E-state index contributed by atoms with van der Waals surface area (Å²) in [5.74, 6) is 0.737. The van der Waals surface area contributed by atoms with E-state index in [9.17, 15) is 0 Å². The molecule has 0 bridgehead atoms. The molecule has 0 spiro atoms. The second kappa shape index (κ2) is 6.96. The van der Waals surface area contributed by atoms with Crippen LogP contribution >= 0.6 is 0 Å². The highest BCUT2D eigenvalue weighted by Gasteiger charge is 2.10. The molecule has 17 heavy (non-hydrogen) atoms. The molecule has 1 aromatic rings. The third kappa shape index (κ3) is 3.78. The van der Waals surface area contributed by atoms with E-state index < -0.39 is 0 Å². The van der Waals surface area contributed by atoms with Gasteiger partial charge in [0.1, 0.15) is 0 Å². The Hall–Kier alpha value is -1.49. The van der Waals surface area contributed by atoms with Crippen molar-refractivity contribution in [3.05, 3.63) is 29.8 Å². The lowest BCUT2D eigenvalue weighted by molar-refractivity contribution is 0.486. The minimum absolute atomic E-state index is 0.737. The van der Waals surface area contributed by atoms with Crippen molar-refractivity contribution in [3.63, 3.8) is 0 Å². The summed E-state index contributed by atoms with van der Waals surface area (Å²) < 4.78 is 0. The fourth-order valence-corrected chi connectivity index (χ4v) is 2.05. The number of rotatable bonds is 6. The Morgan fingerprint density at radius 2 is 1.94 bits per heavy atom. The van der Waals surface area contributed by atoms with Gasteiger partial charge in [-0.25, -0.2) is 0 Å². The number of hydrogen-bond acceptors (Lipinski definition) is 2. The molecule has 0 saturated heterocycles. The molecule has 2 nitrogen and oxygen atoms in total. The Bertz CT molecular complexity index is 375. The molecular weight excluding hydrogens is 208 g/mol. The molecule has 0 unspecified atom stereocenters. The lowest BCUT2D eigenvalue weighted by atomic mass is 10.0. The van der Waals surface area contributed by atoms with Gasteiger partial charge in [-0.2, -0.15) is 5.26 Å². The van der Waals surface area contributed by atoms with Crippen molar-refractivity contribution in [2.24, 2.45) is 5.92 Å². The fourth-order valence-electron chi connectivity index (χ4n) is 2.05. The molecule has 0 saturated carbocycles. The predicted molar refractivity (Wildman–Crippen MR) is 73.1 cm³/mol. The summed E-state index contributed by atoms with van der Waals surface area (Å²) in [4.78, 5) is 2.36. The highest BCUT2D eigenvalue weighted by molar-refractivity contribution is 5.51. The summed E-state index contributed by atoms with van der Waals surface area (Å²) in [7, 11) is 0. The second-order valence-corrected chi connectivity index (χ2v) is 4.38. The van der Waals surface area contributed by atoms with E-state index in [0.717, 1.165) is 24.6 Å². The van der Waals surface area contributed by atoms with Gasteiger partial charge in [0.2, 0.25) is 0 Å². The van der Waals surface area contributed by atoms with Crippen molar-refractivity contribution >= 4 is 5.69 Å². The van der Waals surface area contributed by atoms with Crippen LogP contribution in [0, 0.1) is 17.2 Å². The molecule has 0 aliphatic heterocycles. The maximum absolute atomic E-state index is 8.92. The third-order valence-electron chi connectivity index (χ3n) is 3.36. The number of anilines is 1. The summed E-state index contributed by atoms with van der Waals surface area (Å²) >= 11 is 0. The molecule has 1 aromatic carbocycles. The molecule has 1 rings (SSSR count). The Morgan fingerprint density at radius 1 is 1.24 bits per heavy atom. The van der Waals surface area contributed by atoms with Gasteiger partial charge in [0, 0.05) is 18.8 Å². The summed E-state index contributed by atoms with van der Waals surface area (Å²) in [5.41, 5.74) is 1.91. The fraction of sp³-hybridized carbons (Fsp3) is 0.533. The van der Waals surface area contributed by atoms with Crippen molar-refractivity contribution in [1.29, 1.82) is 5.26 Å². The summed E-state index contributed by atoms with van der Waals surface area (Å²) in [6.45, 7) is 8.73. The zero-order valence-corrected chi connectivity index (χ0v) is 11.1. The lowest BCUT2D eigenvalue weighted by Crippen LogP contribution is -2.28. The molecule has 0 atom stereocenters. The predicted octanol–water partition coefficient (Wildman–Crippen LogP) is 3.82. The normalized spacial score (nSPS) is 10.3. The Balaban J connectivity index is 2.82. The maximum atomic E-state index is 8.92. The van der Waals surface area contributed by atoms with E-state index in [0.29, 0.717) is 0 Å². The van der Waals surface area contributed by atoms with Gasteiger partial charge in [-0.3, -0.25) is 0 Å². The van der Waals surface area contributed by atoms with Crippen LogP contribution < -0.4 is 4.90 Å². The molecule has 92 valence electrons. The topological polar surface area (TPSA) is 27.0 Å². The zero-order valence-electron chi connectivity index (χ0n) is 11.1. The first kappa shape index (κ1) is 13.6. The summed E-state index contributed by atoms with van der Waals surface area (Å²) in [5, 5.41) is 8.92. The monoisotopic (exact) mass is 230 g/mol. The van der Waals surface area contributed by atoms with Crippen molar-refractivity contribution < 1.29 is 0 Å². The van der Waals surface area contributed by atoms with Gasteiger partial charge in [-0.15, -0.1) is 0 Å². The van der Waals surface area contributed by atoms with Crippen LogP contribution in [0.1, 0.15) is 39.2 Å². The SMILES string of the molecule is CCC(CC)CN(CC)c1cccc(C#N)c1. The van der Waals surface area contributed by atoms with Gasteiger partial charge >= 0.3 is 0 Å². The zero-order chi connectivity index (χ0) is 12.7. The third-order valence-corrected chi connectivity index (χ3v) is 3.36. The van der Waals surface area contributed by atoms with Gasteiger partial charge < -0.3 is 4.90 Å². The van der Waals surface area contributed by atoms with Crippen LogP contribution in [0.5, 0.6) is 0 Å². The van der Waals surface area contributed by atoms with Crippen LogP contribution in [-0.2, 0) is 0 Å². The standard InChI is InChI=1S/C15H22N2/c1-4-13(5-2)12-17(6-3)15-9-7-8-14(10-15)11-16/h7-10,13H,4-6,12H2,1-3H3. The highest BCUT2D eigenvalue weighted by Crippen LogP contribution is 2.19. The summed E-state index contributed by atoms with van der Waals surface area (Å²) in [6, 6.07) is 10.1. The number of benzene rings is 1. The Morgan fingerprint density at radius 3 is 2.47 bits per heavy atom. The molecule has 0 radical (unpaired) electrons. The van der Waals surface area contributed by atoms with E-state index in [1.54, 1.807) is 0 Å². The molecule has 0 fully saturated rings. The molecule has 2 heteroatoms. The lowest BCUT2D eigenvalue weighted by Gasteiger charge is -2.27. The first-order valence-corrected chi connectivity index (χ1v) is 6.50. The molecule has 0 aliphatic carbocycles. The minimum Gasteiger partial charge on any atom is -0.372 e. The van der Waals surface area contributed by atoms with Crippen molar-refractivity contribution in [2.45, 2.75) is 33.6 Å². The van der Waals surface area contributed by atoms with E-state index in [4.69, 9.17) is 5.26 Å². The van der Waals surface area contributed by atoms with Crippen LogP contribution in [0.15, 0.2) is 24.3 Å². The maximum Gasteiger partial charge on any atom is 0.0992 e. The average molecular weight is 230 g/mol. The van der Waals surface area contributed by atoms with E-state index in [-0.39, 0.29) is 0 Å². The first-order chi connectivity index (χ1) is 8.24. The van der Waals surface area contributed by atoms with Gasteiger partial charge in [0.25, 0.3) is 0 Å². The first-order valence-electron chi connectivity index (χ1n) is 6.50. The summed E-state index contributed by atoms with van der Waals surface area (Å²) in [6.07, 6.45) is 2.43. The average Bonchev–Trinajstić information content (AvgIpc) is 2.40. The van der Waals surface area contributed by atoms with E-state index in [1.165, 1.54) is 18.5 Å². The quantitative estimate of drug-likeness (QED) is 0.742. The van der Waals surface area contributed by atoms with Gasteiger partial charge in [-0.1, -0.05) is 32.8 Å². The molecule has 0 N–H and O–H groups in total.